The van der Waals surface area contributed by atoms with Gasteiger partial charge in [-0.05, 0) is 13.8 Å². The molecule has 4 aromatic rings. The summed E-state index contributed by atoms with van der Waals surface area (Å²) < 4.78 is 39.7. The average molecular weight is 642 g/mol. The van der Waals surface area contributed by atoms with E-state index in [1.807, 2.05) is 12.1 Å². The quantitative estimate of drug-likeness (QED) is 0.187. The van der Waals surface area contributed by atoms with Gasteiger partial charge in [0.2, 0.25) is 5.82 Å². The Hall–Kier alpha value is -7.47. The number of hydrogen-bond donors (Lipinski definition) is 0. The molecule has 0 amide bonds. The van der Waals surface area contributed by atoms with E-state index < -0.39 is 34.8 Å². The molecule has 48 heavy (non-hydrogen) atoms. The number of nitrogens with zero attached hydrogens (tertiary/aromatic N) is 18. The molecule has 0 saturated heterocycles. The van der Waals surface area contributed by atoms with Crippen molar-refractivity contribution in [2.24, 2.45) is 30.0 Å². The minimum Gasteiger partial charge on any atom is -0.239 e. The van der Waals surface area contributed by atoms with Gasteiger partial charge in [0.15, 0.2) is 51.4 Å². The highest BCUT2D eigenvalue weighted by Crippen LogP contribution is 2.27. The second-order valence-corrected chi connectivity index (χ2v) is 9.53. The Morgan fingerprint density at radius 2 is 1.06 bits per heavy atom. The number of rotatable bonds is 3. The molecule has 0 unspecified atom stereocenters. The summed E-state index contributed by atoms with van der Waals surface area (Å²) in [4.78, 5) is 64.7. The van der Waals surface area contributed by atoms with Gasteiger partial charge < -0.3 is 0 Å². The summed E-state index contributed by atoms with van der Waals surface area (Å²) in [6.07, 6.45) is -1.24. The second kappa shape index (κ2) is 10.9. The Morgan fingerprint density at radius 1 is 0.625 bits per heavy atom. The molecule has 0 bridgehead atoms. The van der Waals surface area contributed by atoms with Crippen molar-refractivity contribution in [2.75, 3.05) is 0 Å². The zero-order valence-electron chi connectivity index (χ0n) is 23.9. The van der Waals surface area contributed by atoms with Gasteiger partial charge in [-0.1, -0.05) is 0 Å². The molecule has 7 heterocycles. The number of hydrogen-bond acceptors (Lipinski definition) is 17. The molecular weight excluding hydrogens is 633 g/mol. The first-order valence-corrected chi connectivity index (χ1v) is 13.1. The fraction of sp³-hybridized carbons (Fsp3) is 0.111. The predicted molar refractivity (Wildman–Crippen MR) is 146 cm³/mol. The Bertz CT molecular complexity index is 2650. The lowest BCUT2D eigenvalue weighted by Gasteiger charge is -2.07. The number of alkyl halides is 3. The maximum absolute atomic E-state index is 13.2. The van der Waals surface area contributed by atoms with Crippen molar-refractivity contribution in [3.63, 3.8) is 0 Å². The van der Waals surface area contributed by atoms with Crippen LogP contribution in [0.15, 0.2) is 66.0 Å². The van der Waals surface area contributed by atoms with Crippen LogP contribution in [-0.4, -0.2) is 44.9 Å². The van der Waals surface area contributed by atoms with Crippen LogP contribution in [-0.2, 0) is 6.18 Å². The summed E-state index contributed by atoms with van der Waals surface area (Å²) in [5.74, 6) is -2.58. The second-order valence-electron chi connectivity index (χ2n) is 9.53. The molecule has 7 rings (SSSR count). The summed E-state index contributed by atoms with van der Waals surface area (Å²) >= 11 is 0. The normalized spacial score (nSPS) is 16.9. The van der Waals surface area contributed by atoms with Crippen LogP contribution < -0.4 is 32.5 Å². The Balaban J connectivity index is 1.48. The van der Waals surface area contributed by atoms with Gasteiger partial charge in [0, 0.05) is 0 Å². The van der Waals surface area contributed by atoms with Crippen molar-refractivity contribution in [1.29, 1.82) is 10.5 Å². The topological polar surface area (TPSA) is 242 Å². The van der Waals surface area contributed by atoms with Crippen LogP contribution in [0, 0.1) is 43.1 Å². The van der Waals surface area contributed by atoms with Gasteiger partial charge in [-0.2, -0.15) is 23.7 Å². The number of allylic oxidation sites excluding steroid dienone is 2. The summed E-state index contributed by atoms with van der Waals surface area (Å²) in [5.41, 5.74) is -1.17. The first kappa shape index (κ1) is 29.3. The van der Waals surface area contributed by atoms with E-state index in [1.165, 1.54) is 12.4 Å². The molecule has 0 fully saturated rings. The lowest BCUT2D eigenvalue weighted by atomic mass is 10.2. The van der Waals surface area contributed by atoms with Crippen molar-refractivity contribution in [3.05, 3.63) is 115 Å². The maximum Gasteiger partial charge on any atom is 0.451 e. The van der Waals surface area contributed by atoms with E-state index in [4.69, 9.17) is 6.57 Å². The molecule has 21 heteroatoms. The average Bonchev–Trinajstić information content (AvgIpc) is 3.77. The minimum absolute atomic E-state index is 0.148. The number of aromatic nitrogens is 9. The van der Waals surface area contributed by atoms with Crippen molar-refractivity contribution in [1.82, 2.24) is 44.9 Å². The highest BCUT2D eigenvalue weighted by molar-refractivity contribution is 5.80. The van der Waals surface area contributed by atoms with E-state index in [2.05, 4.69) is 79.7 Å². The number of fused-ring (bicyclic) bond motifs is 3. The summed E-state index contributed by atoms with van der Waals surface area (Å²) in [6.45, 7) is 11.2. The van der Waals surface area contributed by atoms with Gasteiger partial charge in [0.25, 0.3) is 5.70 Å². The zero-order chi connectivity index (χ0) is 33.7. The van der Waals surface area contributed by atoms with E-state index in [9.17, 15) is 23.7 Å². The number of aryl methyl sites for hydroxylation is 2. The molecule has 228 valence electrons. The van der Waals surface area contributed by atoms with E-state index in [-0.39, 0.29) is 61.5 Å². The first-order valence-electron chi connectivity index (χ1n) is 13.1. The molecule has 0 saturated carbocycles. The largest absolute Gasteiger partial charge is 0.451 e. The Morgan fingerprint density at radius 3 is 1.54 bits per heavy atom. The summed E-state index contributed by atoms with van der Waals surface area (Å²) in [5, 5.41) is 20.8. The first-order chi connectivity index (χ1) is 23.0. The molecular formula is C27H9F3N18. The maximum atomic E-state index is 13.2. The molecule has 0 N–H and O–H groups in total. The molecule has 0 aromatic carbocycles. The predicted octanol–water partition coefficient (Wildman–Crippen LogP) is -1.33. The van der Waals surface area contributed by atoms with Gasteiger partial charge in [-0.3, -0.25) is 0 Å². The third-order valence-corrected chi connectivity index (χ3v) is 6.35. The van der Waals surface area contributed by atoms with Crippen LogP contribution in [0.4, 0.5) is 13.2 Å². The summed E-state index contributed by atoms with van der Waals surface area (Å²) in [6, 6.07) is 3.87. The van der Waals surface area contributed by atoms with Gasteiger partial charge in [0.1, 0.15) is 51.0 Å². The third kappa shape index (κ3) is 5.06. The van der Waals surface area contributed by atoms with E-state index in [0.29, 0.717) is 11.6 Å². The Kier molecular flexibility index (Phi) is 6.61. The highest BCUT2D eigenvalue weighted by atomic mass is 19.4. The van der Waals surface area contributed by atoms with Crippen molar-refractivity contribution < 1.29 is 13.2 Å². The van der Waals surface area contributed by atoms with Crippen LogP contribution in [0.25, 0.3) is 21.7 Å². The molecule has 3 aliphatic heterocycles. The summed E-state index contributed by atoms with van der Waals surface area (Å²) in [7, 11) is 0. The van der Waals surface area contributed by atoms with Gasteiger partial charge >= 0.3 is 6.18 Å². The highest BCUT2D eigenvalue weighted by Gasteiger charge is 2.35. The van der Waals surface area contributed by atoms with Gasteiger partial charge in [-0.15, -0.1) is 0 Å². The van der Waals surface area contributed by atoms with E-state index >= 15 is 0 Å². The third-order valence-electron chi connectivity index (χ3n) is 6.35. The van der Waals surface area contributed by atoms with Crippen LogP contribution in [0.1, 0.15) is 34.9 Å². The monoisotopic (exact) mass is 642 g/mol. The molecule has 3 aliphatic rings. The number of halogens is 3. The lowest BCUT2D eigenvalue weighted by molar-refractivity contribution is -0.145. The van der Waals surface area contributed by atoms with Crippen molar-refractivity contribution in [3.8, 4) is 12.1 Å². The van der Waals surface area contributed by atoms with E-state index in [0.717, 1.165) is 6.20 Å². The van der Waals surface area contributed by atoms with Gasteiger partial charge in [-0.25, -0.2) is 79.7 Å². The molecule has 0 spiro atoms. The molecule has 0 aliphatic carbocycles. The van der Waals surface area contributed by atoms with Crippen LogP contribution in [0.2, 0.25) is 0 Å². The molecule has 18 nitrogen and oxygen atoms in total. The molecule has 4 aromatic heterocycles. The fourth-order valence-corrected chi connectivity index (χ4v) is 4.24. The Labute approximate surface area is 262 Å². The van der Waals surface area contributed by atoms with Crippen LogP contribution in [0.5, 0.6) is 0 Å². The van der Waals surface area contributed by atoms with Crippen molar-refractivity contribution in [2.45, 2.75) is 20.0 Å². The van der Waals surface area contributed by atoms with Crippen LogP contribution >= 0.6 is 0 Å². The van der Waals surface area contributed by atoms with E-state index in [1.54, 1.807) is 13.8 Å². The minimum atomic E-state index is -4.86. The standard InChI is InChI=1S/C27H9F3N18/c1-9-34-6-13-21(37-9)43-17(39-13)11(4-31)19-42-20(12(5-32)18-40-14-7-35-10(2)38-22(14)44-18)46-25(45-19)16(33-3)24-41-15-8-36-26(27(28,29)30)48-23(15)47-24/h6-8H,1-2H3/b17-11-,18-12-,24-16+. The lowest BCUT2D eigenvalue weighted by Crippen LogP contribution is -2.30. The van der Waals surface area contributed by atoms with Crippen LogP contribution in [0.3, 0.4) is 0 Å². The van der Waals surface area contributed by atoms with Gasteiger partial charge in [0.05, 0.1) is 25.2 Å². The van der Waals surface area contributed by atoms with Crippen molar-refractivity contribution >= 4 is 16.8 Å². The zero-order valence-corrected chi connectivity index (χ0v) is 23.9. The molecule has 0 radical (unpaired) electrons. The smallest absolute Gasteiger partial charge is 0.239 e. The molecule has 0 atom stereocenters. The SMILES string of the molecule is [C-]#[N+]/C(=C1\N=c2cnc(C(F)(F)F)nc2=N1)c1nc(/C(C#N)=C2/N=c3cnc(C)nc3=N2)nc(/C(C#N)=C2/N=c3cnc(C)nc3=N2)n1. The fourth-order valence-electron chi connectivity index (χ4n) is 4.24. The number of nitriles is 2.